The number of methoxy groups -OCH3 is 1. The lowest BCUT2D eigenvalue weighted by Crippen LogP contribution is -2.08. The minimum atomic E-state index is -2.99. The van der Waals surface area contributed by atoms with Crippen molar-refractivity contribution >= 4 is 15.8 Å². The van der Waals surface area contributed by atoms with Crippen LogP contribution in [0.15, 0.2) is 30.3 Å². The Bertz CT molecular complexity index is 994. The van der Waals surface area contributed by atoms with Gasteiger partial charge in [0.2, 0.25) is 0 Å². The standard InChI is InChI=1S/C21H24O6S/c1-14-9-18(27-7-4-8-28(3,23)24)10-17-13-26-12-16-6-5-15(21(22)25-2)11-19(16)20(14)17/h5-6,9-11H,4,7-8,12-13H2,1-3H3. The van der Waals surface area contributed by atoms with Crippen LogP contribution in [0.1, 0.15) is 33.5 Å². The molecule has 150 valence electrons. The Morgan fingerprint density at radius 3 is 2.61 bits per heavy atom. The maximum Gasteiger partial charge on any atom is 0.337 e. The number of hydrogen-bond acceptors (Lipinski definition) is 6. The highest BCUT2D eigenvalue weighted by Crippen LogP contribution is 2.37. The van der Waals surface area contributed by atoms with E-state index >= 15 is 0 Å². The van der Waals surface area contributed by atoms with Crippen LogP contribution >= 0.6 is 0 Å². The Morgan fingerprint density at radius 1 is 1.14 bits per heavy atom. The third-order valence-electron chi connectivity index (χ3n) is 4.63. The second-order valence-corrected chi connectivity index (χ2v) is 9.22. The summed E-state index contributed by atoms with van der Waals surface area (Å²) in [6, 6.07) is 9.33. The zero-order valence-electron chi connectivity index (χ0n) is 16.3. The van der Waals surface area contributed by atoms with Crippen LogP contribution in [0.2, 0.25) is 0 Å². The van der Waals surface area contributed by atoms with Gasteiger partial charge in [-0.25, -0.2) is 13.2 Å². The predicted molar refractivity (Wildman–Crippen MR) is 106 cm³/mol. The van der Waals surface area contributed by atoms with E-state index in [2.05, 4.69) is 0 Å². The van der Waals surface area contributed by atoms with Crippen LogP contribution < -0.4 is 4.74 Å². The molecular weight excluding hydrogens is 380 g/mol. The van der Waals surface area contributed by atoms with E-state index in [0.29, 0.717) is 37.6 Å². The van der Waals surface area contributed by atoms with Gasteiger partial charge in [0.05, 0.1) is 38.2 Å². The number of aryl methyl sites for hydroxylation is 1. The van der Waals surface area contributed by atoms with Crippen molar-refractivity contribution in [3.05, 3.63) is 52.6 Å². The molecule has 0 saturated heterocycles. The van der Waals surface area contributed by atoms with Gasteiger partial charge in [0.15, 0.2) is 0 Å². The topological polar surface area (TPSA) is 78.9 Å². The highest BCUT2D eigenvalue weighted by molar-refractivity contribution is 7.90. The molecule has 2 aromatic carbocycles. The molecule has 0 radical (unpaired) electrons. The third kappa shape index (κ3) is 4.72. The van der Waals surface area contributed by atoms with Crippen LogP contribution in [-0.4, -0.2) is 40.1 Å². The third-order valence-corrected chi connectivity index (χ3v) is 5.66. The molecule has 7 heteroatoms. The molecule has 28 heavy (non-hydrogen) atoms. The summed E-state index contributed by atoms with van der Waals surface area (Å²) in [5, 5.41) is 0. The molecule has 0 aromatic heterocycles. The van der Waals surface area contributed by atoms with Crippen LogP contribution in [0, 0.1) is 6.92 Å². The first-order valence-corrected chi connectivity index (χ1v) is 11.1. The summed E-state index contributed by atoms with van der Waals surface area (Å²) in [6.07, 6.45) is 1.66. The number of sulfone groups is 1. The average molecular weight is 404 g/mol. The molecule has 1 heterocycles. The lowest BCUT2D eigenvalue weighted by Gasteiger charge is -2.15. The highest BCUT2D eigenvalue weighted by atomic mass is 32.2. The number of rotatable bonds is 6. The summed E-state index contributed by atoms with van der Waals surface area (Å²) in [5.41, 5.74) is 5.47. The number of esters is 1. The second kappa shape index (κ2) is 8.32. The molecule has 3 rings (SSSR count). The molecule has 0 bridgehead atoms. The van der Waals surface area contributed by atoms with Gasteiger partial charge in [0.1, 0.15) is 15.6 Å². The van der Waals surface area contributed by atoms with E-state index in [9.17, 15) is 13.2 Å². The first-order chi connectivity index (χ1) is 13.3. The van der Waals surface area contributed by atoms with Crippen molar-refractivity contribution in [2.24, 2.45) is 0 Å². The van der Waals surface area contributed by atoms with Crippen molar-refractivity contribution in [1.29, 1.82) is 0 Å². The van der Waals surface area contributed by atoms with Crippen molar-refractivity contribution in [3.63, 3.8) is 0 Å². The van der Waals surface area contributed by atoms with Crippen LogP contribution in [0.5, 0.6) is 5.75 Å². The fourth-order valence-electron chi connectivity index (χ4n) is 3.37. The van der Waals surface area contributed by atoms with E-state index in [0.717, 1.165) is 27.8 Å². The molecule has 0 spiro atoms. The van der Waals surface area contributed by atoms with Gasteiger partial charge in [0.25, 0.3) is 0 Å². The quantitative estimate of drug-likeness (QED) is 0.543. The Balaban J connectivity index is 1.90. The summed E-state index contributed by atoms with van der Waals surface area (Å²) in [4.78, 5) is 11.9. The van der Waals surface area contributed by atoms with Gasteiger partial charge in [-0.05, 0) is 65.4 Å². The van der Waals surface area contributed by atoms with Crippen molar-refractivity contribution in [1.82, 2.24) is 0 Å². The Hall–Kier alpha value is -2.38. The van der Waals surface area contributed by atoms with Gasteiger partial charge in [-0.1, -0.05) is 6.07 Å². The van der Waals surface area contributed by atoms with E-state index in [-0.39, 0.29) is 11.7 Å². The number of benzene rings is 2. The smallest absolute Gasteiger partial charge is 0.337 e. The van der Waals surface area contributed by atoms with E-state index in [4.69, 9.17) is 14.2 Å². The molecule has 6 nitrogen and oxygen atoms in total. The molecule has 1 aliphatic rings. The molecule has 0 atom stereocenters. The largest absolute Gasteiger partial charge is 0.494 e. The van der Waals surface area contributed by atoms with Gasteiger partial charge in [0, 0.05) is 6.26 Å². The van der Waals surface area contributed by atoms with Crippen LogP contribution in [0.25, 0.3) is 11.1 Å². The van der Waals surface area contributed by atoms with Crippen molar-refractivity contribution in [2.45, 2.75) is 26.6 Å². The molecule has 0 N–H and O–H groups in total. The first kappa shape index (κ1) is 20.4. The number of ether oxygens (including phenoxy) is 3. The van der Waals surface area contributed by atoms with Crippen LogP contribution in [-0.2, 0) is 32.5 Å². The zero-order chi connectivity index (χ0) is 20.3. The monoisotopic (exact) mass is 404 g/mol. The van der Waals surface area contributed by atoms with Gasteiger partial charge < -0.3 is 14.2 Å². The molecule has 0 saturated carbocycles. The van der Waals surface area contributed by atoms with Crippen molar-refractivity contribution in [3.8, 4) is 16.9 Å². The molecule has 2 aromatic rings. The maximum atomic E-state index is 11.9. The predicted octanol–water partition coefficient (Wildman–Crippen LogP) is 3.29. The van der Waals surface area contributed by atoms with E-state index in [1.807, 2.05) is 31.2 Å². The summed E-state index contributed by atoms with van der Waals surface area (Å²) < 4.78 is 38.9. The van der Waals surface area contributed by atoms with E-state index in [1.54, 1.807) is 6.07 Å². The van der Waals surface area contributed by atoms with E-state index in [1.165, 1.54) is 13.4 Å². The SMILES string of the molecule is COC(=O)c1ccc2c(c1)-c1c(C)cc(OCCCS(C)(=O)=O)cc1COC2. The fourth-order valence-corrected chi connectivity index (χ4v) is 4.01. The number of hydrogen-bond donors (Lipinski definition) is 0. The summed E-state index contributed by atoms with van der Waals surface area (Å²) in [7, 11) is -1.63. The van der Waals surface area contributed by atoms with Crippen LogP contribution in [0.4, 0.5) is 0 Å². The van der Waals surface area contributed by atoms with Gasteiger partial charge in [-0.15, -0.1) is 0 Å². The second-order valence-electron chi connectivity index (χ2n) is 6.96. The molecule has 0 fully saturated rings. The van der Waals surface area contributed by atoms with Gasteiger partial charge >= 0.3 is 5.97 Å². The van der Waals surface area contributed by atoms with Gasteiger partial charge in [-0.2, -0.15) is 0 Å². The number of fused-ring (bicyclic) bond motifs is 3. The zero-order valence-corrected chi connectivity index (χ0v) is 17.1. The minimum Gasteiger partial charge on any atom is -0.494 e. The fraction of sp³-hybridized carbons (Fsp3) is 0.381. The Morgan fingerprint density at radius 2 is 1.89 bits per heavy atom. The summed E-state index contributed by atoms with van der Waals surface area (Å²) in [5.74, 6) is 0.405. The molecule has 1 aliphatic heterocycles. The van der Waals surface area contributed by atoms with Gasteiger partial charge in [-0.3, -0.25) is 0 Å². The Kier molecular flexibility index (Phi) is 6.05. The maximum absolute atomic E-state index is 11.9. The van der Waals surface area contributed by atoms with Crippen LogP contribution in [0.3, 0.4) is 0 Å². The summed E-state index contributed by atoms with van der Waals surface area (Å²) in [6.45, 7) is 3.20. The Labute approximate surface area is 165 Å². The van der Waals surface area contributed by atoms with Crippen molar-refractivity contribution in [2.75, 3.05) is 25.7 Å². The lowest BCUT2D eigenvalue weighted by molar-refractivity contribution is 0.0600. The molecule has 0 amide bonds. The number of carbonyl (C=O) groups excluding carboxylic acids is 1. The summed E-state index contributed by atoms with van der Waals surface area (Å²) >= 11 is 0. The first-order valence-electron chi connectivity index (χ1n) is 9.02. The molecular formula is C21H24O6S. The molecule has 0 aliphatic carbocycles. The molecule has 0 unspecified atom stereocenters. The highest BCUT2D eigenvalue weighted by Gasteiger charge is 2.20. The lowest BCUT2D eigenvalue weighted by atomic mass is 9.91. The minimum absolute atomic E-state index is 0.101. The van der Waals surface area contributed by atoms with Crippen molar-refractivity contribution < 1.29 is 27.4 Å². The number of carbonyl (C=O) groups is 1. The normalized spacial score (nSPS) is 13.2. The van der Waals surface area contributed by atoms with E-state index < -0.39 is 9.84 Å². The average Bonchev–Trinajstić information content (AvgIpc) is 2.82.